The lowest BCUT2D eigenvalue weighted by Gasteiger charge is -2.23. The summed E-state index contributed by atoms with van der Waals surface area (Å²) in [4.78, 5) is 16.8. The van der Waals surface area contributed by atoms with Crippen molar-refractivity contribution in [3.8, 4) is 11.1 Å². The fraction of sp³-hybridized carbons (Fsp3) is 0.478. The van der Waals surface area contributed by atoms with Crippen LogP contribution in [0, 0.1) is 17.7 Å². The number of aromatic nitrogens is 1. The Kier molecular flexibility index (Phi) is 7.37. The van der Waals surface area contributed by atoms with Gasteiger partial charge in [0.25, 0.3) is 0 Å². The third kappa shape index (κ3) is 5.73. The molecule has 1 atom stereocenters. The number of hydrogen-bond acceptors (Lipinski definition) is 5. The number of rotatable bonds is 6. The zero-order valence-electron chi connectivity index (χ0n) is 17.4. The van der Waals surface area contributed by atoms with E-state index in [2.05, 4.69) is 20.9 Å². The van der Waals surface area contributed by atoms with E-state index in [0.29, 0.717) is 41.1 Å². The standard InChI is InChI=1S/C23H28ClFN4O2/c24-19-14-28-22(29-23(30)17-2-1-7-26-13-17)11-18(19)16-3-4-20(25)21(10-16)27-12-15-5-8-31-9-6-15/h3-4,10-11,14-15,17,26-27H,1-2,5-9,12-13H2,(H,28,29,30)/t17-/m1/s1. The Labute approximate surface area is 186 Å². The summed E-state index contributed by atoms with van der Waals surface area (Å²) in [5.74, 6) is 0.486. The number of hydrogen-bond donors (Lipinski definition) is 3. The van der Waals surface area contributed by atoms with Gasteiger partial charge in [-0.15, -0.1) is 0 Å². The number of carbonyl (C=O) groups is 1. The van der Waals surface area contributed by atoms with Crippen LogP contribution in [-0.2, 0) is 9.53 Å². The summed E-state index contributed by atoms with van der Waals surface area (Å²) in [5, 5.41) is 9.82. The first-order valence-electron chi connectivity index (χ1n) is 10.9. The zero-order chi connectivity index (χ0) is 21.6. The van der Waals surface area contributed by atoms with Crippen molar-refractivity contribution in [3.63, 3.8) is 0 Å². The summed E-state index contributed by atoms with van der Waals surface area (Å²) >= 11 is 6.39. The Morgan fingerprint density at radius 1 is 1.26 bits per heavy atom. The summed E-state index contributed by atoms with van der Waals surface area (Å²) in [6.45, 7) is 3.83. The highest BCUT2D eigenvalue weighted by Gasteiger charge is 2.21. The van der Waals surface area contributed by atoms with E-state index < -0.39 is 0 Å². The predicted molar refractivity (Wildman–Crippen MR) is 121 cm³/mol. The minimum absolute atomic E-state index is 0.0501. The van der Waals surface area contributed by atoms with Gasteiger partial charge in [-0.2, -0.15) is 0 Å². The average molecular weight is 447 g/mol. The van der Waals surface area contributed by atoms with Gasteiger partial charge in [-0.25, -0.2) is 9.37 Å². The number of nitrogens with one attached hydrogen (secondary N) is 3. The van der Waals surface area contributed by atoms with Crippen LogP contribution in [0.1, 0.15) is 25.7 Å². The Bertz CT molecular complexity index is 914. The van der Waals surface area contributed by atoms with Crippen LogP contribution >= 0.6 is 11.6 Å². The van der Waals surface area contributed by atoms with Gasteiger partial charge in [0.05, 0.1) is 16.6 Å². The topological polar surface area (TPSA) is 75.3 Å². The van der Waals surface area contributed by atoms with Gasteiger partial charge in [0, 0.05) is 38.1 Å². The molecule has 166 valence electrons. The van der Waals surface area contributed by atoms with E-state index in [-0.39, 0.29) is 17.6 Å². The second-order valence-electron chi connectivity index (χ2n) is 8.21. The van der Waals surface area contributed by atoms with Crippen molar-refractivity contribution in [2.24, 2.45) is 11.8 Å². The molecule has 0 saturated carbocycles. The largest absolute Gasteiger partial charge is 0.382 e. The number of carbonyl (C=O) groups excluding carboxylic acids is 1. The van der Waals surface area contributed by atoms with Crippen LogP contribution in [0.5, 0.6) is 0 Å². The summed E-state index contributed by atoms with van der Waals surface area (Å²) in [7, 11) is 0. The minimum atomic E-state index is -0.306. The lowest BCUT2D eigenvalue weighted by atomic mass is 9.99. The molecule has 4 rings (SSSR count). The van der Waals surface area contributed by atoms with Gasteiger partial charge in [-0.1, -0.05) is 17.7 Å². The SMILES string of the molecule is O=C(Nc1cc(-c2ccc(F)c(NCC3CCOCC3)c2)c(Cl)cn1)[C@@H]1CCCNC1. The number of ether oxygens (including phenoxy) is 1. The van der Waals surface area contributed by atoms with Gasteiger partial charge in [-0.3, -0.25) is 4.79 Å². The Balaban J connectivity index is 1.48. The number of benzene rings is 1. The maximum atomic E-state index is 14.4. The van der Waals surface area contributed by atoms with Crippen molar-refractivity contribution in [2.75, 3.05) is 43.5 Å². The van der Waals surface area contributed by atoms with Crippen LogP contribution in [0.25, 0.3) is 11.1 Å². The molecule has 0 radical (unpaired) electrons. The molecule has 1 amide bonds. The quantitative estimate of drug-likeness (QED) is 0.616. The number of halogens is 2. The van der Waals surface area contributed by atoms with Crippen LogP contribution in [0.2, 0.25) is 5.02 Å². The van der Waals surface area contributed by atoms with Crippen molar-refractivity contribution < 1.29 is 13.9 Å². The maximum absolute atomic E-state index is 14.4. The first-order valence-corrected chi connectivity index (χ1v) is 11.3. The van der Waals surface area contributed by atoms with Gasteiger partial charge >= 0.3 is 0 Å². The van der Waals surface area contributed by atoms with E-state index in [1.807, 2.05) is 0 Å². The molecule has 0 bridgehead atoms. The molecule has 6 nitrogen and oxygen atoms in total. The molecule has 31 heavy (non-hydrogen) atoms. The third-order valence-corrected chi connectivity index (χ3v) is 6.27. The second kappa shape index (κ2) is 10.4. The molecular weight excluding hydrogens is 419 g/mol. The van der Waals surface area contributed by atoms with Crippen LogP contribution < -0.4 is 16.0 Å². The van der Waals surface area contributed by atoms with Gasteiger partial charge in [0.1, 0.15) is 11.6 Å². The highest BCUT2D eigenvalue weighted by molar-refractivity contribution is 6.33. The third-order valence-electron chi connectivity index (χ3n) is 5.97. The molecule has 2 aliphatic rings. The van der Waals surface area contributed by atoms with Crippen LogP contribution in [0.15, 0.2) is 30.5 Å². The van der Waals surface area contributed by atoms with Crippen molar-refractivity contribution >= 4 is 29.0 Å². The lowest BCUT2D eigenvalue weighted by molar-refractivity contribution is -0.120. The molecule has 3 heterocycles. The molecule has 2 aromatic rings. The molecule has 2 aliphatic heterocycles. The Hall–Kier alpha value is -2.22. The highest BCUT2D eigenvalue weighted by atomic mass is 35.5. The van der Waals surface area contributed by atoms with Crippen LogP contribution in [-0.4, -0.2) is 43.7 Å². The Morgan fingerprint density at radius 2 is 2.10 bits per heavy atom. The number of nitrogens with zero attached hydrogens (tertiary/aromatic N) is 1. The summed E-state index contributed by atoms with van der Waals surface area (Å²) in [5.41, 5.74) is 1.90. The van der Waals surface area contributed by atoms with Gasteiger partial charge in [-0.05, 0) is 61.9 Å². The Morgan fingerprint density at radius 3 is 2.87 bits per heavy atom. The second-order valence-corrected chi connectivity index (χ2v) is 8.62. The summed E-state index contributed by atoms with van der Waals surface area (Å²) < 4.78 is 19.8. The van der Waals surface area contributed by atoms with E-state index >= 15 is 0 Å². The van der Waals surface area contributed by atoms with Crippen molar-refractivity contribution in [1.29, 1.82) is 0 Å². The first-order chi connectivity index (χ1) is 15.1. The van der Waals surface area contributed by atoms with Crippen LogP contribution in [0.4, 0.5) is 15.9 Å². The molecule has 0 aliphatic carbocycles. The summed E-state index contributed by atoms with van der Waals surface area (Å²) in [6, 6.07) is 6.62. The molecule has 1 aromatic carbocycles. The van der Waals surface area contributed by atoms with E-state index in [0.717, 1.165) is 51.0 Å². The number of anilines is 2. The van der Waals surface area contributed by atoms with E-state index in [9.17, 15) is 9.18 Å². The molecule has 8 heteroatoms. The van der Waals surface area contributed by atoms with Crippen molar-refractivity contribution in [3.05, 3.63) is 41.3 Å². The normalized spacial score (nSPS) is 19.7. The van der Waals surface area contributed by atoms with E-state index in [1.165, 1.54) is 12.3 Å². The molecule has 2 saturated heterocycles. The highest BCUT2D eigenvalue weighted by Crippen LogP contribution is 2.32. The van der Waals surface area contributed by atoms with Gasteiger partial charge in [0.15, 0.2) is 0 Å². The lowest BCUT2D eigenvalue weighted by Crippen LogP contribution is -2.37. The number of amides is 1. The number of pyridine rings is 1. The monoisotopic (exact) mass is 446 g/mol. The zero-order valence-corrected chi connectivity index (χ0v) is 18.2. The fourth-order valence-electron chi connectivity index (χ4n) is 4.07. The van der Waals surface area contributed by atoms with Gasteiger partial charge in [0.2, 0.25) is 5.91 Å². The molecule has 1 aromatic heterocycles. The molecule has 2 fully saturated rings. The van der Waals surface area contributed by atoms with Gasteiger partial charge < -0.3 is 20.7 Å². The van der Waals surface area contributed by atoms with E-state index in [1.54, 1.807) is 18.2 Å². The van der Waals surface area contributed by atoms with Crippen molar-refractivity contribution in [2.45, 2.75) is 25.7 Å². The molecule has 3 N–H and O–H groups in total. The first kappa shape index (κ1) is 22.0. The molecule has 0 spiro atoms. The number of piperidine rings is 1. The minimum Gasteiger partial charge on any atom is -0.382 e. The van der Waals surface area contributed by atoms with Crippen LogP contribution in [0.3, 0.4) is 0 Å². The van der Waals surface area contributed by atoms with Crippen molar-refractivity contribution in [1.82, 2.24) is 10.3 Å². The fourth-order valence-corrected chi connectivity index (χ4v) is 4.28. The van der Waals surface area contributed by atoms with E-state index in [4.69, 9.17) is 16.3 Å². The maximum Gasteiger partial charge on any atom is 0.229 e. The molecular formula is C23H28ClFN4O2. The smallest absolute Gasteiger partial charge is 0.229 e. The molecule has 0 unspecified atom stereocenters. The predicted octanol–water partition coefficient (Wildman–Crippen LogP) is 4.32. The summed E-state index contributed by atoms with van der Waals surface area (Å²) in [6.07, 6.45) is 5.31. The average Bonchev–Trinajstić information content (AvgIpc) is 2.81.